The molecule has 1 aromatic carbocycles. The number of carbonyl (C=O) groups is 15. The highest BCUT2D eigenvalue weighted by atomic mass is 16.4. The Hall–Kier alpha value is -9.60. The number of phenols is 1. The number of hydrogen-bond donors (Lipinski definition) is 17. The second-order valence-electron chi connectivity index (χ2n) is 21.9. The van der Waals surface area contributed by atoms with E-state index in [1.807, 2.05) is 0 Å². The molecule has 1 fully saturated rings. The molecule has 10 atom stereocenters. The highest BCUT2D eigenvalue weighted by molar-refractivity contribution is 6.38. The van der Waals surface area contributed by atoms with Crippen LogP contribution in [0.25, 0.3) is 0 Å². The predicted octanol–water partition coefficient (Wildman–Crippen LogP) is -5.73. The molecule has 12 amide bonds. The predicted molar refractivity (Wildman–Crippen MR) is 312 cm³/mol. The summed E-state index contributed by atoms with van der Waals surface area (Å²) in [5, 5.41) is 71.8. The lowest BCUT2D eigenvalue weighted by Crippen LogP contribution is -2.61. The van der Waals surface area contributed by atoms with Gasteiger partial charge in [0, 0.05) is 51.0 Å². The van der Waals surface area contributed by atoms with Crippen LogP contribution in [-0.4, -0.2) is 216 Å². The van der Waals surface area contributed by atoms with E-state index >= 15 is 0 Å². The number of nitrogens with zero attached hydrogens (tertiary/aromatic N) is 2. The van der Waals surface area contributed by atoms with Gasteiger partial charge >= 0.3 is 11.9 Å². The third kappa shape index (κ3) is 24.2. The average Bonchev–Trinajstić information content (AvgIpc) is 2.23. The van der Waals surface area contributed by atoms with E-state index in [1.165, 1.54) is 41.7 Å². The van der Waals surface area contributed by atoms with E-state index in [0.29, 0.717) is 11.3 Å². The Labute approximate surface area is 516 Å². The summed E-state index contributed by atoms with van der Waals surface area (Å²) in [5.41, 5.74) is 5.99. The van der Waals surface area contributed by atoms with Crippen LogP contribution in [0, 0.1) is 11.8 Å². The number of carboxylic acids is 2. The quantitative estimate of drug-likeness (QED) is 0.0279. The Morgan fingerprint density at radius 1 is 0.622 bits per heavy atom. The number of imidazole rings is 1. The lowest BCUT2D eigenvalue weighted by atomic mass is 9.98. The normalized spacial score (nSPS) is 15.8. The number of primary amides is 1. The first-order valence-electron chi connectivity index (χ1n) is 28.9. The van der Waals surface area contributed by atoms with Crippen molar-refractivity contribution in [3.63, 3.8) is 0 Å². The summed E-state index contributed by atoms with van der Waals surface area (Å²) in [7, 11) is 0. The number of aliphatic hydroxyl groups excluding tert-OH is 2. The van der Waals surface area contributed by atoms with Gasteiger partial charge in [0.25, 0.3) is 5.91 Å². The zero-order chi connectivity index (χ0) is 67.5. The van der Waals surface area contributed by atoms with Crippen molar-refractivity contribution in [2.75, 3.05) is 26.3 Å². The number of amides is 12. The molecule has 1 aliphatic heterocycles. The number of aromatic hydroxyl groups is 1. The highest BCUT2D eigenvalue weighted by Gasteiger charge is 2.42. The van der Waals surface area contributed by atoms with Crippen molar-refractivity contribution in [3.8, 4) is 5.75 Å². The van der Waals surface area contributed by atoms with Gasteiger partial charge < -0.3 is 94.3 Å². The van der Waals surface area contributed by atoms with E-state index in [-0.39, 0.29) is 57.2 Å². The van der Waals surface area contributed by atoms with E-state index in [1.54, 1.807) is 34.6 Å². The molecule has 90 heavy (non-hydrogen) atoms. The minimum Gasteiger partial charge on any atom is -0.508 e. The molecule has 18 N–H and O–H groups in total. The minimum atomic E-state index is -1.79. The number of aromatic nitrogens is 2. The van der Waals surface area contributed by atoms with Gasteiger partial charge in [0.15, 0.2) is 0 Å². The van der Waals surface area contributed by atoms with Gasteiger partial charge in [-0.25, -0.2) is 4.98 Å². The van der Waals surface area contributed by atoms with Crippen molar-refractivity contribution in [1.29, 1.82) is 0 Å². The van der Waals surface area contributed by atoms with Crippen LogP contribution in [-0.2, 0) is 84.8 Å². The Morgan fingerprint density at radius 3 is 1.64 bits per heavy atom. The Bertz CT molecular complexity index is 2890. The molecule has 0 aliphatic carbocycles. The van der Waals surface area contributed by atoms with Gasteiger partial charge in [-0.05, 0) is 61.6 Å². The number of nitrogens with two attached hydrogens (primary N) is 1. The SMILES string of the molecule is CCC[C@H](NC(=O)[C@@H]1CCCN1C(=O)[C@@H](NC(=O)[C@@H](NC(=O)[C@H](CCC(=O)O)NC(=O)[C@H](CCC(=O)O)NC(C)=O)C(C)C)C(C)C)C(=O)C(=O)NCC(=O)N[C@H](CO)C(=O)N[C@H](Cc1cnc[nH]1)C(=O)N[C@@H](Cc1ccc(O)cc1)C(=O)N[C@@H](CO)C(N)=O. The Kier molecular flexibility index (Phi) is 30.4. The number of H-pyrrole nitrogens is 1. The summed E-state index contributed by atoms with van der Waals surface area (Å²) in [5.74, 6) is -17.1. The molecule has 34 nitrogen and oxygen atoms in total. The maximum absolute atomic E-state index is 14.3. The maximum atomic E-state index is 14.3. The van der Waals surface area contributed by atoms with E-state index in [9.17, 15) is 92.3 Å². The standard InChI is InChI=1S/C56H82N14O20/c1-7-9-33(63-53(87)40-10-8-19-70(40)56(90)45(28(4)5)69-54(88)44(27(2)3)68-49(83)35(16-18-43(78)79)64-48(82)34(61-29(6)73)15-17-42(76)77)46(80)55(89)59-23-41(75)62-39(25-72)52(86)66-37(21-31-22-58-26-60-31)51(85)65-36(20-30-11-13-32(74)14-12-30)50(84)67-38(24-71)47(57)81/h11-14,22,26-28,33-40,44-45,71-72,74H,7-10,15-21,23-25H2,1-6H3,(H2,57,81)(H,58,60)(H,59,89)(H,61,73)(H,62,75)(H,63,87)(H,64,82)(H,65,85)(H,66,86)(H,67,84)(H,68,83)(H,69,88)(H,76,77)(H,78,79)/t33-,34-,35-,36-,37+,38-,39+,40-,44-,45-/m0/s1. The molecular weight excluding hydrogens is 1190 g/mol. The topological polar surface area (TPSA) is 535 Å². The zero-order valence-electron chi connectivity index (χ0n) is 50.6. The number of rotatable bonds is 38. The number of aliphatic hydroxyl groups is 2. The molecule has 34 heteroatoms. The molecule has 496 valence electrons. The second kappa shape index (κ2) is 36.6. The average molecular weight is 1270 g/mol. The number of Topliss-reactive ketones (excluding diaryl/α,β-unsaturated/α-hetero) is 1. The molecule has 1 aromatic heterocycles. The van der Waals surface area contributed by atoms with Crippen LogP contribution in [0.1, 0.15) is 104 Å². The smallest absolute Gasteiger partial charge is 0.303 e. The summed E-state index contributed by atoms with van der Waals surface area (Å²) in [6.07, 6.45) is 0.496. The molecule has 1 saturated heterocycles. The molecule has 0 bridgehead atoms. The van der Waals surface area contributed by atoms with Gasteiger partial charge in [-0.2, -0.15) is 0 Å². The van der Waals surface area contributed by atoms with Gasteiger partial charge in [-0.3, -0.25) is 71.9 Å². The van der Waals surface area contributed by atoms with Gasteiger partial charge in [-0.1, -0.05) is 53.2 Å². The largest absolute Gasteiger partial charge is 0.508 e. The van der Waals surface area contributed by atoms with Gasteiger partial charge in [0.2, 0.25) is 70.8 Å². The minimum absolute atomic E-state index is 0.0115. The molecule has 0 spiro atoms. The fraction of sp³-hybridized carbons (Fsp3) is 0.571. The fourth-order valence-electron chi connectivity index (χ4n) is 9.22. The first-order valence-corrected chi connectivity index (χ1v) is 28.9. The highest BCUT2D eigenvalue weighted by Crippen LogP contribution is 2.22. The lowest BCUT2D eigenvalue weighted by Gasteiger charge is -2.33. The summed E-state index contributed by atoms with van der Waals surface area (Å²) < 4.78 is 0. The van der Waals surface area contributed by atoms with Gasteiger partial charge in [-0.15, -0.1) is 0 Å². The van der Waals surface area contributed by atoms with E-state index in [0.717, 1.165) is 6.92 Å². The second-order valence-corrected chi connectivity index (χ2v) is 21.9. The molecule has 0 unspecified atom stereocenters. The fourth-order valence-corrected chi connectivity index (χ4v) is 9.22. The summed E-state index contributed by atoms with van der Waals surface area (Å²) >= 11 is 0. The van der Waals surface area contributed by atoms with Crippen LogP contribution in [0.3, 0.4) is 0 Å². The monoisotopic (exact) mass is 1270 g/mol. The molecule has 0 radical (unpaired) electrons. The lowest BCUT2D eigenvalue weighted by molar-refractivity contribution is -0.144. The third-order valence-corrected chi connectivity index (χ3v) is 14.1. The van der Waals surface area contributed by atoms with Crippen molar-refractivity contribution in [2.24, 2.45) is 17.6 Å². The van der Waals surface area contributed by atoms with E-state index in [4.69, 9.17) is 10.8 Å². The van der Waals surface area contributed by atoms with Crippen molar-refractivity contribution in [3.05, 3.63) is 48.0 Å². The number of ketones is 1. The van der Waals surface area contributed by atoms with Crippen LogP contribution in [0.15, 0.2) is 36.8 Å². The van der Waals surface area contributed by atoms with Crippen LogP contribution < -0.4 is 58.9 Å². The summed E-state index contributed by atoms with van der Waals surface area (Å²) in [4.78, 5) is 205. The number of aliphatic carboxylic acids is 2. The number of carboxylic acid groups (broad SMARTS) is 2. The third-order valence-electron chi connectivity index (χ3n) is 14.1. The number of benzene rings is 1. The van der Waals surface area contributed by atoms with E-state index < -0.39 is 200 Å². The van der Waals surface area contributed by atoms with Crippen molar-refractivity contribution in [2.45, 2.75) is 166 Å². The molecule has 2 aromatic rings. The molecule has 3 rings (SSSR count). The number of carbonyl (C=O) groups excluding carboxylic acids is 13. The first-order chi connectivity index (χ1) is 42.4. The van der Waals surface area contributed by atoms with Gasteiger partial charge in [0.05, 0.1) is 32.1 Å². The summed E-state index contributed by atoms with van der Waals surface area (Å²) in [6, 6.07) is -9.38. The van der Waals surface area contributed by atoms with Crippen molar-refractivity contribution >= 4 is 88.6 Å². The van der Waals surface area contributed by atoms with Crippen LogP contribution >= 0.6 is 0 Å². The Balaban J connectivity index is 1.71. The number of hydrogen-bond acceptors (Lipinski definition) is 19. The molecule has 0 saturated carbocycles. The van der Waals surface area contributed by atoms with Crippen molar-refractivity contribution in [1.82, 2.24) is 68.0 Å². The Morgan fingerprint density at radius 2 is 1.13 bits per heavy atom. The zero-order valence-corrected chi connectivity index (χ0v) is 50.6. The van der Waals surface area contributed by atoms with Crippen LogP contribution in [0.5, 0.6) is 5.75 Å². The number of likely N-dealkylation sites (tertiary alicyclic amines) is 1. The molecular formula is C56H82N14O20. The number of aromatic amines is 1. The molecule has 1 aliphatic rings. The van der Waals surface area contributed by atoms with Crippen LogP contribution in [0.2, 0.25) is 0 Å². The van der Waals surface area contributed by atoms with Crippen LogP contribution in [0.4, 0.5) is 0 Å². The first kappa shape index (κ1) is 74.7. The maximum Gasteiger partial charge on any atom is 0.303 e. The molecule has 2 heterocycles. The van der Waals surface area contributed by atoms with Gasteiger partial charge in [0.1, 0.15) is 60.1 Å². The van der Waals surface area contributed by atoms with E-state index in [2.05, 4.69) is 63.1 Å². The van der Waals surface area contributed by atoms with Crippen molar-refractivity contribution < 1.29 is 97.5 Å². The number of phenolic OH excluding ortho intramolecular Hbond substituents is 1. The summed E-state index contributed by atoms with van der Waals surface area (Å²) in [6.45, 7) is 6.09. The number of nitrogens with one attached hydrogen (secondary N) is 11.